The summed E-state index contributed by atoms with van der Waals surface area (Å²) in [5.41, 5.74) is 3.64. The molecule has 0 fully saturated rings. The van der Waals surface area contributed by atoms with Crippen LogP contribution in [0.2, 0.25) is 0 Å². The van der Waals surface area contributed by atoms with Gasteiger partial charge in [0.05, 0.1) is 6.16 Å². The van der Waals surface area contributed by atoms with Crippen molar-refractivity contribution in [3.63, 3.8) is 0 Å². The Balaban J connectivity index is 0.00000272. The molecule has 0 saturated heterocycles. The first kappa shape index (κ1) is 22.8. The van der Waals surface area contributed by atoms with Crippen molar-refractivity contribution < 1.29 is 12.4 Å². The number of hydrogen-bond donors (Lipinski definition) is 0. The molecule has 0 amide bonds. The minimum atomic E-state index is -1.89. The first-order valence-corrected chi connectivity index (χ1v) is 12.2. The van der Waals surface area contributed by atoms with Crippen LogP contribution in [-0.4, -0.2) is 0 Å². The number of halogens is 1. The summed E-state index contributed by atoms with van der Waals surface area (Å²) in [6.07, 6.45) is 4.78. The van der Waals surface area contributed by atoms with Gasteiger partial charge in [-0.1, -0.05) is 98.1 Å². The third kappa shape index (κ3) is 4.72. The van der Waals surface area contributed by atoms with Crippen molar-refractivity contribution in [2.45, 2.75) is 6.16 Å². The highest BCUT2D eigenvalue weighted by molar-refractivity contribution is 7.95. The predicted octanol–water partition coefficient (Wildman–Crippen LogP) is 3.47. The molecule has 0 aromatic heterocycles. The second kappa shape index (κ2) is 10.4. The lowest BCUT2D eigenvalue weighted by Gasteiger charge is -2.28. The Bertz CT molecular complexity index is 1080. The van der Waals surface area contributed by atoms with Crippen molar-refractivity contribution in [2.75, 3.05) is 0 Å². The lowest BCUT2D eigenvalue weighted by atomic mass is 10.1. The number of rotatable bonds is 7. The van der Waals surface area contributed by atoms with E-state index in [-0.39, 0.29) is 12.4 Å². The maximum Gasteiger partial charge on any atom is 0.116 e. The number of benzene rings is 4. The van der Waals surface area contributed by atoms with Gasteiger partial charge in [-0.2, -0.15) is 0 Å². The van der Waals surface area contributed by atoms with Crippen molar-refractivity contribution >= 4 is 35.3 Å². The molecule has 31 heavy (non-hydrogen) atoms. The van der Waals surface area contributed by atoms with E-state index in [1.165, 1.54) is 21.5 Å². The highest BCUT2D eigenvalue weighted by atomic mass is 35.5. The molecule has 154 valence electrons. The predicted molar refractivity (Wildman–Crippen MR) is 135 cm³/mol. The SMILES string of the molecule is C=Cc1ccc(C[P+](c2ccccc2)(c2ccccc2)c2ccc(C=C)cc2)cc1.[Cl-]. The first-order valence-electron chi connectivity index (χ1n) is 10.2. The summed E-state index contributed by atoms with van der Waals surface area (Å²) >= 11 is 0. The second-order valence-electron chi connectivity index (χ2n) is 7.38. The van der Waals surface area contributed by atoms with Gasteiger partial charge in [0.25, 0.3) is 0 Å². The molecule has 0 unspecified atom stereocenters. The molecule has 2 heteroatoms. The summed E-state index contributed by atoms with van der Waals surface area (Å²) in [4.78, 5) is 0. The highest BCUT2D eigenvalue weighted by Gasteiger charge is 2.45. The van der Waals surface area contributed by atoms with Crippen LogP contribution in [0, 0.1) is 0 Å². The maximum absolute atomic E-state index is 3.92. The number of hydrogen-bond acceptors (Lipinski definition) is 0. The van der Waals surface area contributed by atoms with E-state index in [9.17, 15) is 0 Å². The summed E-state index contributed by atoms with van der Waals surface area (Å²) in [5.74, 6) is 0. The fourth-order valence-electron chi connectivity index (χ4n) is 3.98. The topological polar surface area (TPSA) is 0 Å². The Hall–Kier alpha value is -2.92. The molecule has 0 aliphatic carbocycles. The molecule has 4 aromatic rings. The zero-order chi connectivity index (χ0) is 20.8. The van der Waals surface area contributed by atoms with Gasteiger partial charge in [-0.3, -0.25) is 0 Å². The average Bonchev–Trinajstić information content (AvgIpc) is 2.84. The lowest BCUT2D eigenvalue weighted by Crippen LogP contribution is -3.00. The molecule has 0 aliphatic rings. The molecule has 0 radical (unpaired) electrons. The van der Waals surface area contributed by atoms with Crippen LogP contribution < -0.4 is 28.3 Å². The molecule has 0 aliphatic heterocycles. The molecule has 0 bridgehead atoms. The zero-order valence-corrected chi connectivity index (χ0v) is 19.1. The third-order valence-corrected chi connectivity index (χ3v) is 9.98. The minimum absolute atomic E-state index is 0. The summed E-state index contributed by atoms with van der Waals surface area (Å²) in [7, 11) is -1.89. The van der Waals surface area contributed by atoms with E-state index in [1.54, 1.807) is 0 Å². The van der Waals surface area contributed by atoms with Gasteiger partial charge in [0.1, 0.15) is 23.2 Å². The van der Waals surface area contributed by atoms with Gasteiger partial charge >= 0.3 is 0 Å². The van der Waals surface area contributed by atoms with Crippen molar-refractivity contribution in [1.82, 2.24) is 0 Å². The van der Waals surface area contributed by atoms with Crippen molar-refractivity contribution in [1.29, 1.82) is 0 Å². The molecular weight excluding hydrogens is 415 g/mol. The van der Waals surface area contributed by atoms with E-state index < -0.39 is 7.26 Å². The standard InChI is InChI=1S/C29H26P.ClH/c1-3-24-15-17-26(18-16-24)23-30(27-11-7-5-8-12-27,28-13-9-6-10-14-28)29-21-19-25(4-2)20-22-29;/h3-22H,1-2,23H2;1H/q+1;/p-1. The molecule has 0 saturated carbocycles. The monoisotopic (exact) mass is 440 g/mol. The van der Waals surface area contributed by atoms with Gasteiger partial charge in [-0.05, 0) is 53.1 Å². The quantitative estimate of drug-likeness (QED) is 0.386. The molecule has 0 spiro atoms. The van der Waals surface area contributed by atoms with Crippen LogP contribution in [0.15, 0.2) is 122 Å². The molecule has 4 aromatic carbocycles. The fraction of sp³-hybridized carbons (Fsp3) is 0.0345. The van der Waals surface area contributed by atoms with Crippen molar-refractivity contribution in [3.8, 4) is 0 Å². The van der Waals surface area contributed by atoms with Crippen LogP contribution in [-0.2, 0) is 6.16 Å². The van der Waals surface area contributed by atoms with Gasteiger partial charge in [0, 0.05) is 0 Å². The van der Waals surface area contributed by atoms with Crippen LogP contribution in [0.4, 0.5) is 0 Å². The van der Waals surface area contributed by atoms with E-state index >= 15 is 0 Å². The molecule has 0 nitrogen and oxygen atoms in total. The van der Waals surface area contributed by atoms with Crippen molar-refractivity contribution in [2.24, 2.45) is 0 Å². The maximum atomic E-state index is 3.92. The van der Waals surface area contributed by atoms with Gasteiger partial charge in [0.15, 0.2) is 0 Å². The highest BCUT2D eigenvalue weighted by Crippen LogP contribution is 2.58. The van der Waals surface area contributed by atoms with Gasteiger partial charge < -0.3 is 12.4 Å². The molecule has 4 rings (SSSR count). The summed E-state index contributed by atoms with van der Waals surface area (Å²) in [5, 5.41) is 4.18. The van der Waals surface area contributed by atoms with Gasteiger partial charge in [-0.15, -0.1) is 0 Å². The molecule has 0 heterocycles. The van der Waals surface area contributed by atoms with Crippen LogP contribution >= 0.6 is 7.26 Å². The lowest BCUT2D eigenvalue weighted by molar-refractivity contribution is -0.00000577. The van der Waals surface area contributed by atoms with Crippen LogP contribution in [0.1, 0.15) is 16.7 Å². The normalized spacial score (nSPS) is 10.7. The Morgan fingerprint density at radius 1 is 0.516 bits per heavy atom. The Morgan fingerprint density at radius 2 is 0.903 bits per heavy atom. The van der Waals surface area contributed by atoms with Gasteiger partial charge in [0.2, 0.25) is 0 Å². The minimum Gasteiger partial charge on any atom is -1.00 e. The van der Waals surface area contributed by atoms with Crippen molar-refractivity contribution in [3.05, 3.63) is 139 Å². The first-order chi connectivity index (χ1) is 14.8. The largest absolute Gasteiger partial charge is 1.00 e. The zero-order valence-electron chi connectivity index (χ0n) is 17.5. The summed E-state index contributed by atoms with van der Waals surface area (Å²) in [6, 6.07) is 39.8. The Morgan fingerprint density at radius 3 is 1.32 bits per heavy atom. The van der Waals surface area contributed by atoms with E-state index in [0.717, 1.165) is 17.3 Å². The Kier molecular flexibility index (Phi) is 7.64. The van der Waals surface area contributed by atoms with E-state index in [2.05, 4.69) is 122 Å². The second-order valence-corrected chi connectivity index (χ2v) is 10.9. The van der Waals surface area contributed by atoms with Crippen LogP contribution in [0.5, 0.6) is 0 Å². The van der Waals surface area contributed by atoms with Crippen LogP contribution in [0.3, 0.4) is 0 Å². The average molecular weight is 441 g/mol. The smallest absolute Gasteiger partial charge is 0.116 e. The molecular formula is C29H26ClP. The van der Waals surface area contributed by atoms with E-state index in [4.69, 9.17) is 0 Å². The van der Waals surface area contributed by atoms with Gasteiger partial charge in [-0.25, -0.2) is 0 Å². The van der Waals surface area contributed by atoms with Crippen LogP contribution in [0.25, 0.3) is 12.2 Å². The summed E-state index contributed by atoms with van der Waals surface area (Å²) in [6.45, 7) is 7.82. The summed E-state index contributed by atoms with van der Waals surface area (Å²) < 4.78 is 0. The van der Waals surface area contributed by atoms with E-state index in [0.29, 0.717) is 0 Å². The Labute approximate surface area is 192 Å². The van der Waals surface area contributed by atoms with E-state index in [1.807, 2.05) is 12.2 Å². The molecule has 0 atom stereocenters. The molecule has 0 N–H and O–H groups in total. The third-order valence-electron chi connectivity index (χ3n) is 5.60. The fourth-order valence-corrected chi connectivity index (χ4v) is 8.20.